The normalized spacial score (nSPS) is 12.8. The quantitative estimate of drug-likeness (QED) is 0.195. The number of hydrogen-bond donors (Lipinski definition) is 0. The van der Waals surface area contributed by atoms with Crippen molar-refractivity contribution in [3.63, 3.8) is 0 Å². The summed E-state index contributed by atoms with van der Waals surface area (Å²) in [5.41, 5.74) is 3.77. The van der Waals surface area contributed by atoms with E-state index in [0.717, 1.165) is 33.6 Å². The maximum Gasteiger partial charge on any atom is 0.0712 e. The highest BCUT2D eigenvalue weighted by molar-refractivity contribution is 6.42. The van der Waals surface area contributed by atoms with Crippen LogP contribution in [0.4, 0.5) is 11.4 Å². The van der Waals surface area contributed by atoms with Crippen molar-refractivity contribution in [2.24, 2.45) is 9.98 Å². The summed E-state index contributed by atoms with van der Waals surface area (Å²) in [6, 6.07) is 38.5. The Balaban J connectivity index is 1.44. The lowest BCUT2D eigenvalue weighted by Gasteiger charge is -2.08. The first-order valence-corrected chi connectivity index (χ1v) is 11.6. The van der Waals surface area contributed by atoms with Crippen LogP contribution in [-0.4, -0.2) is 11.4 Å². The van der Waals surface area contributed by atoms with Crippen LogP contribution in [0.25, 0.3) is 43.1 Å². The second-order valence-electron chi connectivity index (χ2n) is 8.79. The standard InChI is InChI=1S/C32H24N2/c1-21(33-31-15-7-13-27-17-23-9-3-5-11-25(23)19-29(27)31)22(2)34-32-16-8-14-28-18-24-10-4-6-12-26(24)20-30(28)32/h3-20H,1-2H3. The van der Waals surface area contributed by atoms with Gasteiger partial charge in [0.15, 0.2) is 0 Å². The van der Waals surface area contributed by atoms with Gasteiger partial charge >= 0.3 is 0 Å². The minimum atomic E-state index is 0.915. The van der Waals surface area contributed by atoms with Crippen molar-refractivity contribution in [2.45, 2.75) is 13.8 Å². The molecule has 0 radical (unpaired) electrons. The number of benzene rings is 6. The Morgan fingerprint density at radius 1 is 0.412 bits per heavy atom. The van der Waals surface area contributed by atoms with Gasteiger partial charge in [0.2, 0.25) is 0 Å². The maximum atomic E-state index is 5.01. The van der Waals surface area contributed by atoms with Crippen LogP contribution in [0.1, 0.15) is 13.8 Å². The summed E-state index contributed by atoms with van der Waals surface area (Å²) in [5, 5.41) is 9.65. The van der Waals surface area contributed by atoms with Gasteiger partial charge in [0.1, 0.15) is 0 Å². The Hall–Kier alpha value is -4.30. The van der Waals surface area contributed by atoms with E-state index in [2.05, 4.69) is 109 Å². The number of nitrogens with zero attached hydrogens (tertiary/aromatic N) is 2. The summed E-state index contributed by atoms with van der Waals surface area (Å²) >= 11 is 0. The zero-order valence-electron chi connectivity index (χ0n) is 19.3. The SMILES string of the molecule is CC(=Nc1cccc2cc3ccccc3cc12)C(C)=Nc1cccc2cc3ccccc3cc12. The van der Waals surface area contributed by atoms with E-state index in [9.17, 15) is 0 Å². The van der Waals surface area contributed by atoms with Gasteiger partial charge in [0.25, 0.3) is 0 Å². The van der Waals surface area contributed by atoms with Crippen LogP contribution in [-0.2, 0) is 0 Å². The largest absolute Gasteiger partial charge is 0.251 e. The zero-order chi connectivity index (χ0) is 23.1. The molecule has 6 aromatic rings. The van der Waals surface area contributed by atoms with Crippen LogP contribution in [0, 0.1) is 0 Å². The molecule has 2 heteroatoms. The molecule has 0 saturated carbocycles. The van der Waals surface area contributed by atoms with E-state index in [1.165, 1.54) is 32.3 Å². The van der Waals surface area contributed by atoms with Crippen LogP contribution in [0.15, 0.2) is 119 Å². The van der Waals surface area contributed by atoms with Gasteiger partial charge in [-0.2, -0.15) is 0 Å². The molecule has 0 aliphatic heterocycles. The molecule has 6 rings (SSSR count). The van der Waals surface area contributed by atoms with Gasteiger partial charge in [-0.25, -0.2) is 0 Å². The van der Waals surface area contributed by atoms with Crippen molar-refractivity contribution in [2.75, 3.05) is 0 Å². The highest BCUT2D eigenvalue weighted by atomic mass is 14.8. The van der Waals surface area contributed by atoms with E-state index in [1.54, 1.807) is 0 Å². The fourth-order valence-corrected chi connectivity index (χ4v) is 4.62. The highest BCUT2D eigenvalue weighted by Gasteiger charge is 2.07. The summed E-state index contributed by atoms with van der Waals surface area (Å²) < 4.78 is 0. The predicted octanol–water partition coefficient (Wildman–Crippen LogP) is 9.18. The molecule has 0 spiro atoms. The van der Waals surface area contributed by atoms with Crippen molar-refractivity contribution < 1.29 is 0 Å². The highest BCUT2D eigenvalue weighted by Crippen LogP contribution is 2.32. The zero-order valence-corrected chi connectivity index (χ0v) is 19.3. The molecule has 34 heavy (non-hydrogen) atoms. The average molecular weight is 437 g/mol. The molecule has 0 aliphatic rings. The molecule has 0 fully saturated rings. The van der Waals surface area contributed by atoms with E-state index in [-0.39, 0.29) is 0 Å². The fraction of sp³-hybridized carbons (Fsp3) is 0.0625. The maximum absolute atomic E-state index is 5.01. The number of fused-ring (bicyclic) bond motifs is 4. The van der Waals surface area contributed by atoms with Crippen molar-refractivity contribution in [3.8, 4) is 0 Å². The van der Waals surface area contributed by atoms with Gasteiger partial charge in [0, 0.05) is 10.8 Å². The third kappa shape index (κ3) is 3.64. The molecule has 0 bridgehead atoms. The fourth-order valence-electron chi connectivity index (χ4n) is 4.62. The van der Waals surface area contributed by atoms with Crippen LogP contribution in [0.5, 0.6) is 0 Å². The lowest BCUT2D eigenvalue weighted by Crippen LogP contribution is -2.04. The molecule has 0 heterocycles. The molecule has 2 nitrogen and oxygen atoms in total. The third-order valence-corrected chi connectivity index (χ3v) is 6.55. The van der Waals surface area contributed by atoms with Crippen molar-refractivity contribution >= 4 is 65.9 Å². The summed E-state index contributed by atoms with van der Waals surface area (Å²) in [5.74, 6) is 0. The second kappa shape index (κ2) is 8.24. The molecule has 0 atom stereocenters. The van der Waals surface area contributed by atoms with Gasteiger partial charge in [-0.3, -0.25) is 9.98 Å². The molecule has 162 valence electrons. The van der Waals surface area contributed by atoms with Crippen LogP contribution >= 0.6 is 0 Å². The first kappa shape index (κ1) is 20.3. The van der Waals surface area contributed by atoms with Crippen molar-refractivity contribution in [1.82, 2.24) is 0 Å². The minimum absolute atomic E-state index is 0.915. The first-order valence-electron chi connectivity index (χ1n) is 11.6. The van der Waals surface area contributed by atoms with E-state index in [1.807, 2.05) is 13.8 Å². The Morgan fingerprint density at radius 3 is 1.18 bits per heavy atom. The number of aliphatic imine (C=N–C) groups is 2. The molecule has 0 unspecified atom stereocenters. The van der Waals surface area contributed by atoms with Crippen LogP contribution in [0.2, 0.25) is 0 Å². The monoisotopic (exact) mass is 436 g/mol. The molecule has 0 aliphatic carbocycles. The first-order chi connectivity index (χ1) is 16.7. The minimum Gasteiger partial charge on any atom is -0.251 e. The van der Waals surface area contributed by atoms with Gasteiger partial charge in [-0.05, 0) is 82.6 Å². The summed E-state index contributed by atoms with van der Waals surface area (Å²) in [4.78, 5) is 10.0. The van der Waals surface area contributed by atoms with E-state index in [4.69, 9.17) is 9.98 Å². The van der Waals surface area contributed by atoms with E-state index < -0.39 is 0 Å². The molecule has 6 aromatic carbocycles. The Kier molecular flexibility index (Phi) is 4.92. The lowest BCUT2D eigenvalue weighted by molar-refractivity contribution is 1.51. The third-order valence-electron chi connectivity index (χ3n) is 6.55. The van der Waals surface area contributed by atoms with Crippen LogP contribution in [0.3, 0.4) is 0 Å². The molecule has 0 aromatic heterocycles. The summed E-state index contributed by atoms with van der Waals surface area (Å²) in [7, 11) is 0. The van der Waals surface area contributed by atoms with Gasteiger partial charge in [-0.1, -0.05) is 72.8 Å². The smallest absolute Gasteiger partial charge is 0.0712 e. The van der Waals surface area contributed by atoms with Crippen molar-refractivity contribution in [3.05, 3.63) is 109 Å². The Bertz CT molecular complexity index is 1640. The molecule has 0 saturated heterocycles. The molecule has 0 amide bonds. The lowest BCUT2D eigenvalue weighted by atomic mass is 10.0. The summed E-state index contributed by atoms with van der Waals surface area (Å²) in [6.45, 7) is 4.08. The molecular weight excluding hydrogens is 412 g/mol. The van der Waals surface area contributed by atoms with Gasteiger partial charge < -0.3 is 0 Å². The van der Waals surface area contributed by atoms with Crippen LogP contribution < -0.4 is 0 Å². The predicted molar refractivity (Wildman–Crippen MR) is 148 cm³/mol. The Morgan fingerprint density at radius 2 is 0.765 bits per heavy atom. The van der Waals surface area contributed by atoms with E-state index >= 15 is 0 Å². The number of hydrogen-bond acceptors (Lipinski definition) is 2. The second-order valence-corrected chi connectivity index (χ2v) is 8.79. The topological polar surface area (TPSA) is 24.7 Å². The molecule has 0 N–H and O–H groups in total. The van der Waals surface area contributed by atoms with Gasteiger partial charge in [0.05, 0.1) is 22.8 Å². The van der Waals surface area contributed by atoms with E-state index in [0.29, 0.717) is 0 Å². The number of rotatable bonds is 3. The van der Waals surface area contributed by atoms with Gasteiger partial charge in [-0.15, -0.1) is 0 Å². The molecular formula is C32H24N2. The summed E-state index contributed by atoms with van der Waals surface area (Å²) in [6.07, 6.45) is 0. The average Bonchev–Trinajstić information content (AvgIpc) is 2.87. The Labute approximate surface area is 198 Å². The van der Waals surface area contributed by atoms with Crippen molar-refractivity contribution in [1.29, 1.82) is 0 Å².